The molecular weight excluding hydrogens is 268 g/mol. The Bertz CT molecular complexity index is 447. The van der Waals surface area contributed by atoms with Gasteiger partial charge in [0.1, 0.15) is 12.4 Å². The van der Waals surface area contributed by atoms with Gasteiger partial charge in [-0.25, -0.2) is 0 Å². The van der Waals surface area contributed by atoms with Crippen molar-refractivity contribution in [2.24, 2.45) is 0 Å². The van der Waals surface area contributed by atoms with Gasteiger partial charge in [-0.2, -0.15) is 0 Å². The Kier molecular flexibility index (Phi) is 7.02. The van der Waals surface area contributed by atoms with Crippen molar-refractivity contribution >= 4 is 11.6 Å². The van der Waals surface area contributed by atoms with Crippen LogP contribution in [0.2, 0.25) is 0 Å². The molecule has 0 atom stereocenters. The summed E-state index contributed by atoms with van der Waals surface area (Å²) in [5, 5.41) is 6.08. The highest BCUT2D eigenvalue weighted by atomic mass is 16.5. The maximum absolute atomic E-state index is 11.9. The molecule has 5 nitrogen and oxygen atoms in total. The van der Waals surface area contributed by atoms with E-state index in [4.69, 9.17) is 9.47 Å². The second kappa shape index (κ2) is 8.52. The van der Waals surface area contributed by atoms with Gasteiger partial charge in [0.15, 0.2) is 0 Å². The highest BCUT2D eigenvalue weighted by Gasteiger charge is 2.17. The first-order chi connectivity index (χ1) is 9.96. The molecule has 1 aromatic carbocycles. The van der Waals surface area contributed by atoms with Crippen molar-refractivity contribution in [1.29, 1.82) is 0 Å². The zero-order valence-corrected chi connectivity index (χ0v) is 13.4. The van der Waals surface area contributed by atoms with E-state index < -0.39 is 0 Å². The number of carbonyl (C=O) groups is 1. The Morgan fingerprint density at radius 3 is 2.71 bits per heavy atom. The molecule has 5 heteroatoms. The molecule has 0 bridgehead atoms. The lowest BCUT2D eigenvalue weighted by atomic mass is 10.0. The van der Waals surface area contributed by atoms with E-state index in [1.54, 1.807) is 7.11 Å². The Hall–Kier alpha value is -1.75. The minimum atomic E-state index is -0.177. The van der Waals surface area contributed by atoms with Crippen molar-refractivity contribution in [2.45, 2.75) is 32.7 Å². The van der Waals surface area contributed by atoms with Gasteiger partial charge in [-0.1, -0.05) is 13.0 Å². The number of carbonyl (C=O) groups excluding carboxylic acids is 1. The van der Waals surface area contributed by atoms with Crippen LogP contribution in [0.4, 0.5) is 5.69 Å². The molecule has 0 saturated heterocycles. The highest BCUT2D eigenvalue weighted by Crippen LogP contribution is 2.17. The van der Waals surface area contributed by atoms with Gasteiger partial charge in [0.2, 0.25) is 5.91 Å². The van der Waals surface area contributed by atoms with Crippen LogP contribution in [0.3, 0.4) is 0 Å². The monoisotopic (exact) mass is 294 g/mol. The summed E-state index contributed by atoms with van der Waals surface area (Å²) < 4.78 is 10.5. The molecule has 1 rings (SSSR count). The van der Waals surface area contributed by atoms with Gasteiger partial charge < -0.3 is 20.1 Å². The molecule has 2 N–H and O–H groups in total. The van der Waals surface area contributed by atoms with Crippen molar-refractivity contribution in [3.05, 3.63) is 24.3 Å². The summed E-state index contributed by atoms with van der Waals surface area (Å²) in [5.41, 5.74) is 0.679. The maximum Gasteiger partial charge on any atom is 0.239 e. The lowest BCUT2D eigenvalue weighted by Crippen LogP contribution is -2.45. The van der Waals surface area contributed by atoms with Crippen LogP contribution >= 0.6 is 0 Å². The SMILES string of the molecule is CCC(C)(C)NC(=O)CNc1cccc(OCCOC)c1. The second-order valence-corrected chi connectivity index (χ2v) is 5.51. The van der Waals surface area contributed by atoms with Crippen molar-refractivity contribution < 1.29 is 14.3 Å². The summed E-state index contributed by atoms with van der Waals surface area (Å²) in [4.78, 5) is 11.9. The first kappa shape index (κ1) is 17.3. The van der Waals surface area contributed by atoms with E-state index in [0.29, 0.717) is 13.2 Å². The molecule has 1 amide bonds. The summed E-state index contributed by atoms with van der Waals surface area (Å²) >= 11 is 0. The predicted molar refractivity (Wildman–Crippen MR) is 84.8 cm³/mol. The standard InChI is InChI=1S/C16H26N2O3/c1-5-16(2,3)18-15(19)12-17-13-7-6-8-14(11-13)21-10-9-20-4/h6-8,11,17H,5,9-10,12H2,1-4H3,(H,18,19). The summed E-state index contributed by atoms with van der Waals surface area (Å²) in [6, 6.07) is 7.54. The molecule has 0 aliphatic rings. The number of hydrogen-bond donors (Lipinski definition) is 2. The molecule has 0 radical (unpaired) electrons. The molecular formula is C16H26N2O3. The number of nitrogens with one attached hydrogen (secondary N) is 2. The average molecular weight is 294 g/mol. The molecule has 0 aliphatic heterocycles. The van der Waals surface area contributed by atoms with Crippen LogP contribution in [0.1, 0.15) is 27.2 Å². The van der Waals surface area contributed by atoms with E-state index in [0.717, 1.165) is 17.9 Å². The van der Waals surface area contributed by atoms with Crippen LogP contribution in [-0.2, 0) is 9.53 Å². The van der Waals surface area contributed by atoms with E-state index in [2.05, 4.69) is 17.6 Å². The predicted octanol–water partition coefficient (Wildman–Crippen LogP) is 2.43. The van der Waals surface area contributed by atoms with Crippen molar-refractivity contribution in [3.8, 4) is 5.75 Å². The molecule has 1 aromatic rings. The van der Waals surface area contributed by atoms with E-state index in [-0.39, 0.29) is 18.0 Å². The van der Waals surface area contributed by atoms with Crippen molar-refractivity contribution in [2.75, 3.05) is 32.2 Å². The second-order valence-electron chi connectivity index (χ2n) is 5.51. The van der Waals surface area contributed by atoms with Crippen LogP contribution in [0.5, 0.6) is 5.75 Å². The third-order valence-electron chi connectivity index (χ3n) is 3.20. The first-order valence-corrected chi connectivity index (χ1v) is 7.23. The van der Waals surface area contributed by atoms with Crippen LogP contribution in [0.25, 0.3) is 0 Å². The fourth-order valence-electron chi connectivity index (χ4n) is 1.63. The molecule has 0 saturated carbocycles. The maximum atomic E-state index is 11.9. The number of rotatable bonds is 9. The lowest BCUT2D eigenvalue weighted by molar-refractivity contribution is -0.121. The van der Waals surface area contributed by atoms with Gasteiger partial charge in [-0.3, -0.25) is 4.79 Å². The zero-order valence-electron chi connectivity index (χ0n) is 13.4. The minimum Gasteiger partial charge on any atom is -0.491 e. The minimum absolute atomic E-state index is 0.0208. The van der Waals surface area contributed by atoms with Gasteiger partial charge in [0, 0.05) is 24.4 Å². The number of amides is 1. The zero-order chi connectivity index (χ0) is 15.7. The number of methoxy groups -OCH3 is 1. The Balaban J connectivity index is 2.44. The van der Waals surface area contributed by atoms with Crippen LogP contribution in [-0.4, -0.2) is 38.3 Å². The first-order valence-electron chi connectivity index (χ1n) is 7.23. The van der Waals surface area contributed by atoms with Gasteiger partial charge >= 0.3 is 0 Å². The largest absolute Gasteiger partial charge is 0.491 e. The van der Waals surface area contributed by atoms with Gasteiger partial charge in [0.25, 0.3) is 0 Å². The lowest BCUT2D eigenvalue weighted by Gasteiger charge is -2.24. The van der Waals surface area contributed by atoms with E-state index in [1.165, 1.54) is 0 Å². The van der Waals surface area contributed by atoms with Crippen molar-refractivity contribution in [3.63, 3.8) is 0 Å². The van der Waals surface area contributed by atoms with Crippen molar-refractivity contribution in [1.82, 2.24) is 5.32 Å². The smallest absolute Gasteiger partial charge is 0.239 e. The summed E-state index contributed by atoms with van der Waals surface area (Å²) in [7, 11) is 1.64. The number of hydrogen-bond acceptors (Lipinski definition) is 4. The van der Waals surface area contributed by atoms with Crippen LogP contribution in [0, 0.1) is 0 Å². The number of anilines is 1. The summed E-state index contributed by atoms with van der Waals surface area (Å²) in [6.07, 6.45) is 0.890. The molecule has 0 unspecified atom stereocenters. The highest BCUT2D eigenvalue weighted by molar-refractivity contribution is 5.81. The molecule has 0 aliphatic carbocycles. The normalized spacial score (nSPS) is 11.0. The molecule has 0 aromatic heterocycles. The van der Waals surface area contributed by atoms with E-state index in [9.17, 15) is 4.79 Å². The average Bonchev–Trinajstić information content (AvgIpc) is 2.45. The Labute approximate surface area is 127 Å². The van der Waals surface area contributed by atoms with Gasteiger partial charge in [0.05, 0.1) is 13.2 Å². The molecule has 0 fully saturated rings. The molecule has 0 spiro atoms. The fraction of sp³-hybridized carbons (Fsp3) is 0.562. The fourth-order valence-corrected chi connectivity index (χ4v) is 1.63. The van der Waals surface area contributed by atoms with Crippen LogP contribution in [0.15, 0.2) is 24.3 Å². The number of ether oxygens (including phenoxy) is 2. The molecule has 21 heavy (non-hydrogen) atoms. The molecule has 118 valence electrons. The quantitative estimate of drug-likeness (QED) is 0.687. The van der Waals surface area contributed by atoms with Gasteiger partial charge in [-0.05, 0) is 32.4 Å². The third kappa shape index (κ3) is 6.99. The topological polar surface area (TPSA) is 59.6 Å². The third-order valence-corrected chi connectivity index (χ3v) is 3.20. The van der Waals surface area contributed by atoms with E-state index in [1.807, 2.05) is 38.1 Å². The van der Waals surface area contributed by atoms with Crippen LogP contribution < -0.4 is 15.4 Å². The Morgan fingerprint density at radius 1 is 1.29 bits per heavy atom. The summed E-state index contributed by atoms with van der Waals surface area (Å²) in [6.45, 7) is 7.36. The Morgan fingerprint density at radius 2 is 2.05 bits per heavy atom. The summed E-state index contributed by atoms with van der Waals surface area (Å²) in [5.74, 6) is 0.735. The van der Waals surface area contributed by atoms with E-state index >= 15 is 0 Å². The van der Waals surface area contributed by atoms with Gasteiger partial charge in [-0.15, -0.1) is 0 Å². The number of benzene rings is 1. The molecule has 0 heterocycles.